The number of hydrogen-bond acceptors (Lipinski definition) is 5. The van der Waals surface area contributed by atoms with Crippen LogP contribution in [0.2, 0.25) is 0 Å². The molecule has 1 aromatic rings. The lowest BCUT2D eigenvalue weighted by atomic mass is 10.0. The molecule has 0 N–H and O–H groups in total. The fraction of sp³-hybridized carbons (Fsp3) is 0.529. The molecule has 2 saturated heterocycles. The second kappa shape index (κ2) is 7.03. The van der Waals surface area contributed by atoms with Crippen molar-refractivity contribution in [1.82, 2.24) is 4.90 Å². The number of anilines is 1. The molecule has 2 amide bonds. The van der Waals surface area contributed by atoms with E-state index < -0.39 is 9.84 Å². The molecule has 2 heterocycles. The molecule has 2 aliphatic rings. The van der Waals surface area contributed by atoms with Crippen molar-refractivity contribution in [3.63, 3.8) is 0 Å². The smallest absolute Gasteiger partial charge is 0.246 e. The molecule has 25 heavy (non-hydrogen) atoms. The summed E-state index contributed by atoms with van der Waals surface area (Å²) in [4.78, 5) is 28.3. The Hall–Kier alpha value is -2.09. The number of rotatable bonds is 3. The predicted molar refractivity (Wildman–Crippen MR) is 93.3 cm³/mol. The fourth-order valence-corrected chi connectivity index (χ4v) is 4.78. The number of piperazine rings is 1. The van der Waals surface area contributed by atoms with Crippen molar-refractivity contribution in [2.45, 2.75) is 12.8 Å². The van der Waals surface area contributed by atoms with Gasteiger partial charge in [-0.1, -0.05) is 0 Å². The lowest BCUT2D eigenvalue weighted by Crippen LogP contribution is -2.54. The molecule has 0 unspecified atom stereocenters. The first-order valence-electron chi connectivity index (χ1n) is 8.33. The number of hydrogen-bond donors (Lipinski definition) is 0. The third kappa shape index (κ3) is 3.95. The Balaban J connectivity index is 1.61. The molecule has 2 fully saturated rings. The third-order valence-electron chi connectivity index (χ3n) is 4.82. The van der Waals surface area contributed by atoms with Crippen LogP contribution >= 0.6 is 0 Å². The Morgan fingerprint density at radius 1 is 1.12 bits per heavy atom. The quantitative estimate of drug-likeness (QED) is 0.786. The van der Waals surface area contributed by atoms with E-state index in [1.165, 1.54) is 0 Å². The molecule has 0 atom stereocenters. The molecule has 8 heteroatoms. The van der Waals surface area contributed by atoms with Gasteiger partial charge in [-0.2, -0.15) is 0 Å². The highest BCUT2D eigenvalue weighted by molar-refractivity contribution is 7.91. The minimum atomic E-state index is -3.00. The van der Waals surface area contributed by atoms with Gasteiger partial charge in [0.2, 0.25) is 11.8 Å². The van der Waals surface area contributed by atoms with Crippen molar-refractivity contribution >= 4 is 27.3 Å². The maximum absolute atomic E-state index is 12.6. The molecule has 0 spiro atoms. The van der Waals surface area contributed by atoms with E-state index >= 15 is 0 Å². The molecule has 3 rings (SSSR count). The highest BCUT2D eigenvalue weighted by atomic mass is 32.2. The van der Waals surface area contributed by atoms with Crippen LogP contribution in [0.15, 0.2) is 24.3 Å². The van der Waals surface area contributed by atoms with Crippen molar-refractivity contribution in [3.05, 3.63) is 24.3 Å². The fourth-order valence-electron chi connectivity index (χ4n) is 3.29. The zero-order chi connectivity index (χ0) is 18.0. The van der Waals surface area contributed by atoms with Crippen LogP contribution in [0.4, 0.5) is 5.69 Å². The Labute approximate surface area is 147 Å². The number of carbonyl (C=O) groups excluding carboxylic acids is 2. The van der Waals surface area contributed by atoms with E-state index in [0.29, 0.717) is 25.9 Å². The average molecular weight is 366 g/mol. The van der Waals surface area contributed by atoms with E-state index in [0.717, 1.165) is 11.4 Å². The first kappa shape index (κ1) is 17.7. The summed E-state index contributed by atoms with van der Waals surface area (Å²) < 4.78 is 28.1. The summed E-state index contributed by atoms with van der Waals surface area (Å²) in [5, 5.41) is 0. The van der Waals surface area contributed by atoms with Gasteiger partial charge in [0.25, 0.3) is 0 Å². The summed E-state index contributed by atoms with van der Waals surface area (Å²) in [5.41, 5.74) is 0.779. The van der Waals surface area contributed by atoms with Gasteiger partial charge in [0.05, 0.1) is 18.6 Å². The van der Waals surface area contributed by atoms with Crippen molar-refractivity contribution in [1.29, 1.82) is 0 Å². The standard InChI is InChI=1S/C17H22N2O5S/c1-24-15-4-2-14(3-5-15)19-9-8-18(12-16(19)20)17(21)13-6-10-25(22,23)11-7-13/h2-5,13H,6-12H2,1H3. The van der Waals surface area contributed by atoms with E-state index in [-0.39, 0.29) is 35.8 Å². The number of carbonyl (C=O) groups is 2. The van der Waals surface area contributed by atoms with Gasteiger partial charge in [0.15, 0.2) is 0 Å². The molecule has 0 radical (unpaired) electrons. The van der Waals surface area contributed by atoms with Crippen LogP contribution in [0, 0.1) is 5.92 Å². The number of amides is 2. The van der Waals surface area contributed by atoms with Crippen LogP contribution in [0.3, 0.4) is 0 Å². The summed E-state index contributed by atoms with van der Waals surface area (Å²) >= 11 is 0. The van der Waals surface area contributed by atoms with Crippen molar-refractivity contribution in [2.75, 3.05) is 43.1 Å². The van der Waals surface area contributed by atoms with Crippen LogP contribution in [0.1, 0.15) is 12.8 Å². The minimum Gasteiger partial charge on any atom is -0.497 e. The third-order valence-corrected chi connectivity index (χ3v) is 6.54. The predicted octanol–water partition coefficient (Wildman–Crippen LogP) is 0.695. The van der Waals surface area contributed by atoms with Gasteiger partial charge >= 0.3 is 0 Å². The number of sulfone groups is 1. The highest BCUT2D eigenvalue weighted by Crippen LogP contribution is 2.24. The Morgan fingerprint density at radius 2 is 1.76 bits per heavy atom. The van der Waals surface area contributed by atoms with Gasteiger partial charge < -0.3 is 14.5 Å². The lowest BCUT2D eigenvalue weighted by molar-refractivity contribution is -0.140. The van der Waals surface area contributed by atoms with Gasteiger partial charge in [0, 0.05) is 24.7 Å². The second-order valence-electron chi connectivity index (χ2n) is 6.43. The molecular weight excluding hydrogens is 344 g/mol. The van der Waals surface area contributed by atoms with Crippen molar-refractivity contribution in [2.24, 2.45) is 5.92 Å². The molecule has 0 aromatic heterocycles. The Morgan fingerprint density at radius 3 is 2.32 bits per heavy atom. The summed E-state index contributed by atoms with van der Waals surface area (Å²) in [6.07, 6.45) is 0.710. The van der Waals surface area contributed by atoms with Crippen LogP contribution in [0.5, 0.6) is 5.75 Å². The maximum atomic E-state index is 12.6. The molecule has 2 aliphatic heterocycles. The number of benzene rings is 1. The van der Waals surface area contributed by atoms with Crippen molar-refractivity contribution < 1.29 is 22.7 Å². The first-order valence-corrected chi connectivity index (χ1v) is 10.2. The minimum absolute atomic E-state index is 0.0358. The maximum Gasteiger partial charge on any atom is 0.246 e. The summed E-state index contributed by atoms with van der Waals surface area (Å²) in [5.74, 6) is 0.318. The van der Waals surface area contributed by atoms with Gasteiger partial charge in [-0.3, -0.25) is 9.59 Å². The van der Waals surface area contributed by atoms with Crippen LogP contribution < -0.4 is 9.64 Å². The van der Waals surface area contributed by atoms with Gasteiger partial charge in [0.1, 0.15) is 22.1 Å². The van der Waals surface area contributed by atoms with Crippen LogP contribution in [-0.4, -0.2) is 63.4 Å². The average Bonchev–Trinajstić information content (AvgIpc) is 2.61. The second-order valence-corrected chi connectivity index (χ2v) is 8.73. The molecule has 136 valence electrons. The van der Waals surface area contributed by atoms with E-state index in [2.05, 4.69) is 0 Å². The number of nitrogens with zero attached hydrogens (tertiary/aromatic N) is 2. The zero-order valence-corrected chi connectivity index (χ0v) is 15.0. The summed E-state index contributed by atoms with van der Waals surface area (Å²) in [6.45, 7) is 0.926. The topological polar surface area (TPSA) is 84.0 Å². The van der Waals surface area contributed by atoms with Gasteiger partial charge in [-0.05, 0) is 37.1 Å². The number of methoxy groups -OCH3 is 1. The Kier molecular flexibility index (Phi) is 4.99. The van der Waals surface area contributed by atoms with E-state index in [1.54, 1.807) is 29.0 Å². The van der Waals surface area contributed by atoms with Crippen LogP contribution in [0.25, 0.3) is 0 Å². The Bertz CT molecular complexity index is 746. The molecular formula is C17H22N2O5S. The van der Waals surface area contributed by atoms with E-state index in [4.69, 9.17) is 4.74 Å². The van der Waals surface area contributed by atoms with Crippen molar-refractivity contribution in [3.8, 4) is 5.75 Å². The molecule has 0 aliphatic carbocycles. The summed E-state index contributed by atoms with van der Waals surface area (Å²) in [7, 11) is -1.41. The molecule has 7 nitrogen and oxygen atoms in total. The SMILES string of the molecule is COc1ccc(N2CCN(C(=O)C3CCS(=O)(=O)CC3)CC2=O)cc1. The molecule has 0 bridgehead atoms. The first-order chi connectivity index (χ1) is 11.9. The van der Waals surface area contributed by atoms with Gasteiger partial charge in [-0.15, -0.1) is 0 Å². The van der Waals surface area contributed by atoms with Crippen LogP contribution in [-0.2, 0) is 19.4 Å². The lowest BCUT2D eigenvalue weighted by Gasteiger charge is -2.36. The van der Waals surface area contributed by atoms with E-state index in [1.807, 2.05) is 12.1 Å². The normalized spacial score (nSPS) is 21.2. The largest absolute Gasteiger partial charge is 0.497 e. The van der Waals surface area contributed by atoms with E-state index in [9.17, 15) is 18.0 Å². The number of ether oxygens (including phenoxy) is 1. The molecule has 1 aromatic carbocycles. The zero-order valence-electron chi connectivity index (χ0n) is 14.2. The van der Waals surface area contributed by atoms with Gasteiger partial charge in [-0.25, -0.2) is 8.42 Å². The summed E-state index contributed by atoms with van der Waals surface area (Å²) in [6, 6.07) is 7.23. The molecule has 0 saturated carbocycles. The highest BCUT2D eigenvalue weighted by Gasteiger charge is 2.34. The monoisotopic (exact) mass is 366 g/mol.